The van der Waals surface area contributed by atoms with Crippen LogP contribution in [0.15, 0.2) is 18.7 Å². The lowest BCUT2D eigenvalue weighted by molar-refractivity contribution is 0.807. The minimum Gasteiger partial charge on any atom is -0.351 e. The molecule has 1 aromatic heterocycles. The van der Waals surface area contributed by atoms with Crippen molar-refractivity contribution >= 4 is 12.4 Å². The summed E-state index contributed by atoms with van der Waals surface area (Å²) < 4.78 is 0. The highest BCUT2D eigenvalue weighted by atomic mass is 35.5. The molecule has 66 valence electrons. The highest BCUT2D eigenvalue weighted by molar-refractivity contribution is 5.85. The quantitative estimate of drug-likeness (QED) is 0.721. The van der Waals surface area contributed by atoms with Crippen LogP contribution in [0.3, 0.4) is 0 Å². The standard InChI is InChI=1S/C4H11N.C3H4N2.ClH/c1-2-3-4-5;1-2-5-3-4-1;/h2-5H2,1H3;1-3H,(H,4,5);1H. The number of nitrogens with one attached hydrogen (secondary N) is 1. The van der Waals surface area contributed by atoms with Gasteiger partial charge < -0.3 is 10.7 Å². The molecular weight excluding hydrogens is 162 g/mol. The molecule has 0 spiro atoms. The Hall–Kier alpha value is -0.540. The summed E-state index contributed by atoms with van der Waals surface area (Å²) in [5.41, 5.74) is 5.14. The Balaban J connectivity index is 0. The molecule has 3 N–H and O–H groups in total. The van der Waals surface area contributed by atoms with Crippen molar-refractivity contribution in [1.29, 1.82) is 0 Å². The molecule has 11 heavy (non-hydrogen) atoms. The van der Waals surface area contributed by atoms with Gasteiger partial charge in [-0.1, -0.05) is 13.3 Å². The first-order chi connectivity index (χ1) is 4.91. The lowest BCUT2D eigenvalue weighted by Crippen LogP contribution is -1.95. The molecule has 0 bridgehead atoms. The van der Waals surface area contributed by atoms with Gasteiger partial charge in [0.1, 0.15) is 0 Å². The fourth-order valence-electron chi connectivity index (χ4n) is 0.419. The summed E-state index contributed by atoms with van der Waals surface area (Å²) >= 11 is 0. The molecule has 1 heterocycles. The maximum Gasteiger partial charge on any atom is 0.0919 e. The highest BCUT2D eigenvalue weighted by Crippen LogP contribution is 1.77. The third-order valence-corrected chi connectivity index (χ3v) is 0.964. The number of hydrogen-bond donors (Lipinski definition) is 2. The molecule has 0 fully saturated rings. The molecule has 0 aliphatic rings. The molecule has 0 unspecified atom stereocenters. The largest absolute Gasteiger partial charge is 0.351 e. The van der Waals surface area contributed by atoms with Crippen LogP contribution in [0.2, 0.25) is 0 Å². The second-order valence-corrected chi connectivity index (χ2v) is 1.90. The van der Waals surface area contributed by atoms with E-state index < -0.39 is 0 Å². The summed E-state index contributed by atoms with van der Waals surface area (Å²) in [4.78, 5) is 6.42. The minimum atomic E-state index is 0. The van der Waals surface area contributed by atoms with E-state index in [9.17, 15) is 0 Å². The zero-order chi connectivity index (χ0) is 7.66. The van der Waals surface area contributed by atoms with Crippen molar-refractivity contribution in [2.45, 2.75) is 19.8 Å². The van der Waals surface area contributed by atoms with Gasteiger partial charge in [-0.3, -0.25) is 0 Å². The zero-order valence-electron chi connectivity index (χ0n) is 6.79. The van der Waals surface area contributed by atoms with E-state index in [0.29, 0.717) is 0 Å². The monoisotopic (exact) mass is 177 g/mol. The van der Waals surface area contributed by atoms with Gasteiger partial charge in [0.2, 0.25) is 0 Å². The average Bonchev–Trinajstić information content (AvgIpc) is 2.44. The molecule has 0 atom stereocenters. The third-order valence-electron chi connectivity index (χ3n) is 0.964. The first-order valence-corrected chi connectivity index (χ1v) is 3.54. The number of rotatable bonds is 2. The predicted molar refractivity (Wildman–Crippen MR) is 49.8 cm³/mol. The van der Waals surface area contributed by atoms with E-state index in [0.717, 1.165) is 6.54 Å². The van der Waals surface area contributed by atoms with Crippen molar-refractivity contribution < 1.29 is 0 Å². The van der Waals surface area contributed by atoms with Gasteiger partial charge in [-0.2, -0.15) is 0 Å². The van der Waals surface area contributed by atoms with Crippen molar-refractivity contribution in [2.24, 2.45) is 5.73 Å². The summed E-state index contributed by atoms with van der Waals surface area (Å²) in [6, 6.07) is 0. The van der Waals surface area contributed by atoms with Crippen molar-refractivity contribution in [1.82, 2.24) is 9.97 Å². The van der Waals surface area contributed by atoms with Crippen LogP contribution in [-0.4, -0.2) is 16.5 Å². The van der Waals surface area contributed by atoms with E-state index in [2.05, 4.69) is 16.9 Å². The fraction of sp³-hybridized carbons (Fsp3) is 0.571. The SMILES string of the molecule is CCCCN.Cl.c1c[nH]cn1. The van der Waals surface area contributed by atoms with Crippen LogP contribution < -0.4 is 5.73 Å². The van der Waals surface area contributed by atoms with E-state index in [1.807, 2.05) is 0 Å². The molecule has 0 aliphatic carbocycles. The number of hydrogen-bond acceptors (Lipinski definition) is 2. The van der Waals surface area contributed by atoms with Gasteiger partial charge in [-0.25, -0.2) is 4.98 Å². The molecule has 1 aromatic rings. The normalized spacial score (nSPS) is 7.45. The molecule has 0 aromatic carbocycles. The van der Waals surface area contributed by atoms with Crippen LogP contribution >= 0.6 is 12.4 Å². The Kier molecular flexibility index (Phi) is 14.5. The lowest BCUT2D eigenvalue weighted by atomic mass is 10.3. The Morgan fingerprint density at radius 1 is 1.55 bits per heavy atom. The van der Waals surface area contributed by atoms with Crippen LogP contribution in [0, 0.1) is 0 Å². The molecule has 1 rings (SSSR count). The van der Waals surface area contributed by atoms with Crippen LogP contribution in [-0.2, 0) is 0 Å². The van der Waals surface area contributed by atoms with Gasteiger partial charge in [0.25, 0.3) is 0 Å². The first kappa shape index (κ1) is 13.1. The Morgan fingerprint density at radius 3 is 2.36 bits per heavy atom. The van der Waals surface area contributed by atoms with Gasteiger partial charge in [-0.05, 0) is 13.0 Å². The van der Waals surface area contributed by atoms with Gasteiger partial charge in [0, 0.05) is 12.4 Å². The smallest absolute Gasteiger partial charge is 0.0919 e. The van der Waals surface area contributed by atoms with Crippen molar-refractivity contribution in [3.8, 4) is 0 Å². The summed E-state index contributed by atoms with van der Waals surface area (Å²) in [7, 11) is 0. The predicted octanol–water partition coefficient (Wildman–Crippen LogP) is 1.58. The minimum absolute atomic E-state index is 0. The number of imidazole rings is 1. The molecule has 4 heteroatoms. The van der Waals surface area contributed by atoms with E-state index in [1.165, 1.54) is 12.8 Å². The molecular formula is C7H16ClN3. The van der Waals surface area contributed by atoms with Crippen LogP contribution in [0.5, 0.6) is 0 Å². The Labute approximate surface area is 73.8 Å². The summed E-state index contributed by atoms with van der Waals surface area (Å²) in [6.45, 7) is 2.98. The second-order valence-electron chi connectivity index (χ2n) is 1.90. The molecule has 0 saturated carbocycles. The zero-order valence-corrected chi connectivity index (χ0v) is 7.60. The van der Waals surface area contributed by atoms with E-state index >= 15 is 0 Å². The van der Waals surface area contributed by atoms with Gasteiger partial charge in [-0.15, -0.1) is 12.4 Å². The van der Waals surface area contributed by atoms with Crippen molar-refractivity contribution in [3.63, 3.8) is 0 Å². The first-order valence-electron chi connectivity index (χ1n) is 3.54. The topological polar surface area (TPSA) is 54.7 Å². The van der Waals surface area contributed by atoms with Crippen LogP contribution in [0.25, 0.3) is 0 Å². The van der Waals surface area contributed by atoms with Crippen LogP contribution in [0.1, 0.15) is 19.8 Å². The van der Waals surface area contributed by atoms with Crippen molar-refractivity contribution in [2.75, 3.05) is 6.54 Å². The maximum absolute atomic E-state index is 5.14. The number of aromatic amines is 1. The maximum atomic E-state index is 5.14. The molecule has 0 aliphatic heterocycles. The number of halogens is 1. The summed E-state index contributed by atoms with van der Waals surface area (Å²) in [6.07, 6.45) is 7.47. The number of unbranched alkanes of at least 4 members (excludes halogenated alkanes) is 1. The number of H-pyrrole nitrogens is 1. The van der Waals surface area contributed by atoms with E-state index in [-0.39, 0.29) is 12.4 Å². The molecule has 0 amide bonds. The number of nitrogens with two attached hydrogens (primary N) is 1. The number of aromatic nitrogens is 2. The van der Waals surface area contributed by atoms with Crippen LogP contribution in [0.4, 0.5) is 0 Å². The highest BCUT2D eigenvalue weighted by Gasteiger charge is 1.67. The summed E-state index contributed by atoms with van der Waals surface area (Å²) in [5, 5.41) is 0. The molecule has 3 nitrogen and oxygen atoms in total. The van der Waals surface area contributed by atoms with Gasteiger partial charge in [0.05, 0.1) is 6.33 Å². The van der Waals surface area contributed by atoms with Gasteiger partial charge >= 0.3 is 0 Å². The lowest BCUT2D eigenvalue weighted by Gasteiger charge is -1.80. The molecule has 0 radical (unpaired) electrons. The third kappa shape index (κ3) is 12.6. The second kappa shape index (κ2) is 12.2. The Bertz CT molecular complexity index is 100. The van der Waals surface area contributed by atoms with Gasteiger partial charge in [0.15, 0.2) is 0 Å². The summed E-state index contributed by atoms with van der Waals surface area (Å²) in [5.74, 6) is 0. The van der Waals surface area contributed by atoms with Crippen molar-refractivity contribution in [3.05, 3.63) is 18.7 Å². The van der Waals surface area contributed by atoms with E-state index in [1.54, 1.807) is 18.7 Å². The molecule has 0 saturated heterocycles. The fourth-order valence-corrected chi connectivity index (χ4v) is 0.419. The average molecular weight is 178 g/mol. The van der Waals surface area contributed by atoms with E-state index in [4.69, 9.17) is 5.73 Å². The Morgan fingerprint density at radius 2 is 2.27 bits per heavy atom. The number of nitrogens with zero attached hydrogens (tertiary/aromatic N) is 1.